The smallest absolute Gasteiger partial charge is 0.343 e. The first-order chi connectivity index (χ1) is 17.3. The molecule has 0 unspecified atom stereocenters. The number of nitrogens with one attached hydrogen (secondary N) is 1. The lowest BCUT2D eigenvalue weighted by Gasteiger charge is -2.20. The Hall–Kier alpha value is -3.34. The minimum atomic E-state index is -1.32. The molecule has 0 amide bonds. The van der Waals surface area contributed by atoms with E-state index in [0.717, 1.165) is 24.5 Å². The Bertz CT molecular complexity index is 1360. The van der Waals surface area contributed by atoms with E-state index in [0.29, 0.717) is 0 Å². The van der Waals surface area contributed by atoms with Gasteiger partial charge in [-0.25, -0.2) is 9.18 Å². The molecule has 3 N–H and O–H groups in total. The van der Waals surface area contributed by atoms with Crippen molar-refractivity contribution in [2.24, 2.45) is 0 Å². The van der Waals surface area contributed by atoms with Gasteiger partial charge in [-0.3, -0.25) is 4.79 Å². The summed E-state index contributed by atoms with van der Waals surface area (Å²) in [6.45, 7) is -0.484. The van der Waals surface area contributed by atoms with Gasteiger partial charge in [-0.2, -0.15) is 4.39 Å². The highest BCUT2D eigenvalue weighted by Crippen LogP contribution is 2.40. The van der Waals surface area contributed by atoms with Crippen LogP contribution in [0.25, 0.3) is 10.9 Å². The van der Waals surface area contributed by atoms with Crippen molar-refractivity contribution >= 4 is 16.9 Å². The van der Waals surface area contributed by atoms with Crippen LogP contribution in [0.5, 0.6) is 5.75 Å². The summed E-state index contributed by atoms with van der Waals surface area (Å²) in [7, 11) is 0. The zero-order chi connectivity index (χ0) is 25.4. The van der Waals surface area contributed by atoms with E-state index in [1.165, 1.54) is 6.20 Å². The molecule has 3 aromatic rings. The Kier molecular flexibility index (Phi) is 6.50. The molecule has 2 fully saturated rings. The SMILES string of the molecule is O=C(OCc1ccccc1)c1cn(C2CC2)c2c(OC[C@@H]3C[C@@](O)(CO)CN3)c(F)c(F)cc2c1=O. The normalized spacial score (nSPS) is 21.6. The van der Waals surface area contributed by atoms with E-state index in [1.807, 2.05) is 6.07 Å². The summed E-state index contributed by atoms with van der Waals surface area (Å²) in [6, 6.07) is 9.22. The predicted octanol–water partition coefficient (Wildman–Crippen LogP) is 2.44. The lowest BCUT2D eigenvalue weighted by Crippen LogP contribution is -2.35. The van der Waals surface area contributed by atoms with Crippen LogP contribution < -0.4 is 15.5 Å². The molecule has 2 atom stereocenters. The Balaban J connectivity index is 1.50. The van der Waals surface area contributed by atoms with Crippen LogP contribution in [0.4, 0.5) is 8.78 Å². The van der Waals surface area contributed by atoms with Gasteiger partial charge in [0.25, 0.3) is 0 Å². The van der Waals surface area contributed by atoms with Crippen LogP contribution in [0.2, 0.25) is 0 Å². The number of aromatic nitrogens is 1. The number of hydrogen-bond acceptors (Lipinski definition) is 7. The van der Waals surface area contributed by atoms with Crippen molar-refractivity contribution in [3.05, 3.63) is 75.6 Å². The van der Waals surface area contributed by atoms with E-state index in [9.17, 15) is 28.6 Å². The number of pyridine rings is 1. The minimum absolute atomic E-state index is 0.0404. The van der Waals surface area contributed by atoms with Crippen molar-refractivity contribution in [1.29, 1.82) is 0 Å². The van der Waals surface area contributed by atoms with Crippen molar-refractivity contribution in [2.75, 3.05) is 19.8 Å². The first kappa shape index (κ1) is 24.4. The Morgan fingerprint density at radius 2 is 1.97 bits per heavy atom. The minimum Gasteiger partial charge on any atom is -0.487 e. The number of fused-ring (bicyclic) bond motifs is 1. The first-order valence-corrected chi connectivity index (χ1v) is 11.8. The van der Waals surface area contributed by atoms with Gasteiger partial charge < -0.3 is 29.6 Å². The number of ether oxygens (including phenoxy) is 2. The number of aliphatic hydroxyl groups excluding tert-OH is 1. The van der Waals surface area contributed by atoms with Gasteiger partial charge in [-0.05, 0) is 30.9 Å². The molecule has 2 aromatic carbocycles. The molecule has 0 bridgehead atoms. The zero-order valence-electron chi connectivity index (χ0n) is 19.4. The molecule has 1 saturated carbocycles. The quantitative estimate of drug-likeness (QED) is 0.408. The second kappa shape index (κ2) is 9.61. The van der Waals surface area contributed by atoms with Crippen molar-refractivity contribution in [3.8, 4) is 5.75 Å². The monoisotopic (exact) mass is 500 g/mol. The summed E-state index contributed by atoms with van der Waals surface area (Å²) in [4.78, 5) is 26.1. The fourth-order valence-corrected chi connectivity index (χ4v) is 4.51. The summed E-state index contributed by atoms with van der Waals surface area (Å²) in [5.74, 6) is -3.81. The van der Waals surface area contributed by atoms with Gasteiger partial charge in [0.15, 0.2) is 11.6 Å². The van der Waals surface area contributed by atoms with Crippen molar-refractivity contribution in [3.63, 3.8) is 0 Å². The molecule has 1 aliphatic carbocycles. The zero-order valence-corrected chi connectivity index (χ0v) is 19.4. The molecule has 8 nitrogen and oxygen atoms in total. The number of carbonyl (C=O) groups excluding carboxylic acids is 1. The molecule has 5 rings (SSSR count). The Morgan fingerprint density at radius 3 is 2.64 bits per heavy atom. The fraction of sp³-hybridized carbons (Fsp3) is 0.385. The summed E-state index contributed by atoms with van der Waals surface area (Å²) in [5, 5.41) is 22.3. The van der Waals surface area contributed by atoms with E-state index in [1.54, 1.807) is 28.8 Å². The standard InChI is InChI=1S/C26H26F2N2O6/c27-20-8-18-22(24(21(20)28)35-12-16-9-26(34,14-31)13-29-16)30(17-6-7-17)10-19(23(18)32)25(33)36-11-15-4-2-1-3-5-15/h1-5,8,10,16-17,29,31,34H,6-7,9,11-14H2/t16-,26-/m0/s1. The van der Waals surface area contributed by atoms with Gasteiger partial charge in [0, 0.05) is 24.8 Å². The van der Waals surface area contributed by atoms with Crippen molar-refractivity contribution < 1.29 is 33.3 Å². The van der Waals surface area contributed by atoms with Crippen LogP contribution >= 0.6 is 0 Å². The van der Waals surface area contributed by atoms with E-state index in [4.69, 9.17) is 9.47 Å². The summed E-state index contributed by atoms with van der Waals surface area (Å²) >= 11 is 0. The third kappa shape index (κ3) is 4.71. The number of carbonyl (C=O) groups is 1. The van der Waals surface area contributed by atoms with E-state index in [-0.39, 0.29) is 48.7 Å². The second-order valence-corrected chi connectivity index (χ2v) is 9.45. The van der Waals surface area contributed by atoms with E-state index < -0.39 is 47.0 Å². The molecular formula is C26H26F2N2O6. The van der Waals surface area contributed by atoms with Crippen LogP contribution in [0, 0.1) is 11.6 Å². The number of nitrogens with zero attached hydrogens (tertiary/aromatic N) is 1. The number of benzene rings is 2. The van der Waals surface area contributed by atoms with Gasteiger partial charge in [0.05, 0.1) is 17.5 Å². The molecule has 10 heteroatoms. The average molecular weight is 500 g/mol. The molecule has 1 aromatic heterocycles. The molecule has 1 aliphatic heterocycles. The van der Waals surface area contributed by atoms with E-state index >= 15 is 0 Å². The number of aliphatic hydroxyl groups is 2. The molecule has 2 aliphatic rings. The van der Waals surface area contributed by atoms with Gasteiger partial charge in [0.1, 0.15) is 24.4 Å². The maximum Gasteiger partial charge on any atom is 0.343 e. The van der Waals surface area contributed by atoms with Crippen LogP contribution in [0.1, 0.15) is 41.2 Å². The number of halogens is 2. The number of esters is 1. The predicted molar refractivity (Wildman–Crippen MR) is 126 cm³/mol. The highest BCUT2D eigenvalue weighted by molar-refractivity contribution is 5.95. The fourth-order valence-electron chi connectivity index (χ4n) is 4.51. The van der Waals surface area contributed by atoms with Gasteiger partial charge in [-0.1, -0.05) is 30.3 Å². The molecule has 1 saturated heterocycles. The topological polar surface area (TPSA) is 110 Å². The number of rotatable bonds is 8. The van der Waals surface area contributed by atoms with Crippen molar-refractivity contribution in [1.82, 2.24) is 9.88 Å². The molecule has 0 radical (unpaired) electrons. The third-order valence-electron chi connectivity index (χ3n) is 6.61. The summed E-state index contributed by atoms with van der Waals surface area (Å²) in [5.41, 5.74) is -1.56. The maximum absolute atomic E-state index is 15.0. The second-order valence-electron chi connectivity index (χ2n) is 9.45. The molecular weight excluding hydrogens is 474 g/mol. The highest BCUT2D eigenvalue weighted by atomic mass is 19.2. The largest absolute Gasteiger partial charge is 0.487 e. The number of β-amino-alcohol motifs (C(OH)–C–C–N with tert-alkyl or cyclic N) is 1. The van der Waals surface area contributed by atoms with Crippen LogP contribution in [-0.2, 0) is 11.3 Å². The maximum atomic E-state index is 15.0. The van der Waals surface area contributed by atoms with Crippen LogP contribution in [0.15, 0.2) is 47.4 Å². The third-order valence-corrected chi connectivity index (χ3v) is 6.61. The summed E-state index contributed by atoms with van der Waals surface area (Å²) < 4.78 is 42.2. The Labute approximate surface area is 205 Å². The molecule has 0 spiro atoms. The van der Waals surface area contributed by atoms with Gasteiger partial charge >= 0.3 is 5.97 Å². The lowest BCUT2D eigenvalue weighted by atomic mass is 10.0. The lowest BCUT2D eigenvalue weighted by molar-refractivity contribution is 0.000243. The van der Waals surface area contributed by atoms with Crippen LogP contribution in [0.3, 0.4) is 0 Å². The Morgan fingerprint density at radius 1 is 1.22 bits per heavy atom. The highest BCUT2D eigenvalue weighted by Gasteiger charge is 2.37. The molecule has 36 heavy (non-hydrogen) atoms. The molecule has 190 valence electrons. The van der Waals surface area contributed by atoms with Crippen LogP contribution in [-0.4, -0.2) is 52.2 Å². The molecule has 2 heterocycles. The number of hydrogen-bond donors (Lipinski definition) is 3. The first-order valence-electron chi connectivity index (χ1n) is 11.8. The average Bonchev–Trinajstić information content (AvgIpc) is 3.66. The van der Waals surface area contributed by atoms with Gasteiger partial charge in [-0.15, -0.1) is 0 Å². The van der Waals surface area contributed by atoms with Gasteiger partial charge in [0.2, 0.25) is 11.2 Å². The van der Waals surface area contributed by atoms with E-state index in [2.05, 4.69) is 5.32 Å². The van der Waals surface area contributed by atoms with Crippen molar-refractivity contribution in [2.45, 2.75) is 43.6 Å². The summed E-state index contributed by atoms with van der Waals surface area (Å²) in [6.07, 6.45) is 2.97.